The molecule has 0 aromatic carbocycles. The average molecular weight is 284 g/mol. The van der Waals surface area contributed by atoms with E-state index >= 15 is 0 Å². The second kappa shape index (κ2) is 5.41. The molecule has 19 heavy (non-hydrogen) atoms. The number of anilines is 2. The van der Waals surface area contributed by atoms with E-state index in [1.807, 2.05) is 0 Å². The molecule has 0 radical (unpaired) electrons. The summed E-state index contributed by atoms with van der Waals surface area (Å²) in [5, 5.41) is 11.2. The van der Waals surface area contributed by atoms with Gasteiger partial charge in [0.1, 0.15) is 5.69 Å². The van der Waals surface area contributed by atoms with E-state index in [0.29, 0.717) is 18.1 Å². The number of aryl methyl sites for hydroxylation is 2. The minimum absolute atomic E-state index is 0.234. The summed E-state index contributed by atoms with van der Waals surface area (Å²) in [6, 6.07) is 3.27. The second-order valence-electron chi connectivity index (χ2n) is 4.01. The van der Waals surface area contributed by atoms with Crippen molar-refractivity contribution < 1.29 is 4.74 Å². The lowest BCUT2D eigenvalue weighted by molar-refractivity contribution is 0.178. The Morgan fingerprint density at radius 1 is 1.32 bits per heavy atom. The fourth-order valence-corrected chi connectivity index (χ4v) is 1.87. The van der Waals surface area contributed by atoms with Crippen molar-refractivity contribution in [1.82, 2.24) is 19.6 Å². The monoisotopic (exact) mass is 283 g/mol. The maximum absolute atomic E-state index is 11.9. The number of hydrogen-bond donors (Lipinski definition) is 1. The predicted molar refractivity (Wildman–Crippen MR) is 71.7 cm³/mol. The fourth-order valence-electron chi connectivity index (χ4n) is 1.65. The number of halogens is 1. The number of hydrogen-bond acceptors (Lipinski definition) is 5. The van der Waals surface area contributed by atoms with Gasteiger partial charge in [-0.25, -0.2) is 4.68 Å². The van der Waals surface area contributed by atoms with Crippen LogP contribution in [0.15, 0.2) is 16.9 Å². The molecule has 1 N–H and O–H groups in total. The molecule has 102 valence electrons. The van der Waals surface area contributed by atoms with Crippen LogP contribution < -0.4 is 10.9 Å². The Morgan fingerprint density at radius 2 is 2.05 bits per heavy atom. The molecule has 0 saturated carbocycles. The summed E-state index contributed by atoms with van der Waals surface area (Å²) in [6.45, 7) is 0.445. The molecule has 0 bridgehead atoms. The summed E-state index contributed by atoms with van der Waals surface area (Å²) in [4.78, 5) is 11.9. The minimum Gasteiger partial charge on any atom is -0.378 e. The number of methoxy groups -OCH3 is 1. The maximum atomic E-state index is 11.9. The predicted octanol–water partition coefficient (Wildman–Crippen LogP) is 1.06. The van der Waals surface area contributed by atoms with Crippen LogP contribution in [0.3, 0.4) is 0 Å². The zero-order valence-corrected chi connectivity index (χ0v) is 11.6. The van der Waals surface area contributed by atoms with E-state index in [1.54, 1.807) is 24.9 Å². The molecule has 0 amide bonds. The van der Waals surface area contributed by atoms with E-state index < -0.39 is 0 Å². The SMILES string of the molecule is COCc1cc(Nc2cc(Cl)nn(C)c2=O)nn1C. The topological polar surface area (TPSA) is 74.0 Å². The van der Waals surface area contributed by atoms with Gasteiger partial charge in [-0.2, -0.15) is 10.2 Å². The van der Waals surface area contributed by atoms with Crippen molar-refractivity contribution in [1.29, 1.82) is 0 Å². The molecule has 0 aliphatic rings. The van der Waals surface area contributed by atoms with Gasteiger partial charge in [-0.15, -0.1) is 0 Å². The molecule has 7 nitrogen and oxygen atoms in total. The van der Waals surface area contributed by atoms with E-state index in [4.69, 9.17) is 16.3 Å². The van der Waals surface area contributed by atoms with Gasteiger partial charge in [0.2, 0.25) is 0 Å². The largest absolute Gasteiger partial charge is 0.378 e. The molecule has 8 heteroatoms. The van der Waals surface area contributed by atoms with Crippen LogP contribution in [0.5, 0.6) is 0 Å². The van der Waals surface area contributed by atoms with Gasteiger partial charge in [0, 0.05) is 33.3 Å². The van der Waals surface area contributed by atoms with Gasteiger partial charge in [0.05, 0.1) is 12.3 Å². The molecular formula is C11H14ClN5O2. The van der Waals surface area contributed by atoms with E-state index in [9.17, 15) is 4.79 Å². The number of nitrogens with one attached hydrogen (secondary N) is 1. The molecular weight excluding hydrogens is 270 g/mol. The standard InChI is InChI=1S/C11H14ClN5O2/c1-16-7(6-19-3)4-10(15-16)13-8-5-9(12)14-17(2)11(8)18/h4-5H,6H2,1-3H3,(H,13,15). The third kappa shape index (κ3) is 2.94. The van der Waals surface area contributed by atoms with Crippen LogP contribution in [0.1, 0.15) is 5.69 Å². The normalized spacial score (nSPS) is 10.7. The van der Waals surface area contributed by atoms with Crippen molar-refractivity contribution in [3.8, 4) is 0 Å². The Morgan fingerprint density at radius 3 is 2.74 bits per heavy atom. The smallest absolute Gasteiger partial charge is 0.290 e. The highest BCUT2D eigenvalue weighted by Gasteiger charge is 2.09. The number of nitrogens with zero attached hydrogens (tertiary/aromatic N) is 4. The van der Waals surface area contributed by atoms with Crippen LogP contribution >= 0.6 is 11.6 Å². The van der Waals surface area contributed by atoms with Gasteiger partial charge in [-0.1, -0.05) is 11.6 Å². The molecule has 0 atom stereocenters. The van der Waals surface area contributed by atoms with Gasteiger partial charge in [0.25, 0.3) is 5.56 Å². The Kier molecular flexibility index (Phi) is 3.87. The Balaban J connectivity index is 2.31. The van der Waals surface area contributed by atoms with Crippen molar-refractivity contribution >= 4 is 23.1 Å². The van der Waals surface area contributed by atoms with Gasteiger partial charge in [-0.05, 0) is 0 Å². The fraction of sp³-hybridized carbons (Fsp3) is 0.364. The van der Waals surface area contributed by atoms with E-state index in [-0.39, 0.29) is 10.7 Å². The molecule has 2 heterocycles. The zero-order chi connectivity index (χ0) is 14.0. The highest BCUT2D eigenvalue weighted by Crippen LogP contribution is 2.15. The Bertz CT molecular complexity index is 649. The molecule has 2 aromatic heterocycles. The first-order chi connectivity index (χ1) is 9.01. The van der Waals surface area contributed by atoms with Crippen molar-refractivity contribution in [2.24, 2.45) is 14.1 Å². The molecule has 0 saturated heterocycles. The number of ether oxygens (including phenoxy) is 1. The van der Waals surface area contributed by atoms with Crippen molar-refractivity contribution in [3.05, 3.63) is 33.3 Å². The Hall–Kier alpha value is -1.86. The lowest BCUT2D eigenvalue weighted by Crippen LogP contribution is -2.22. The lowest BCUT2D eigenvalue weighted by atomic mass is 10.4. The number of rotatable bonds is 4. The minimum atomic E-state index is -0.275. The van der Waals surface area contributed by atoms with E-state index in [2.05, 4.69) is 15.5 Å². The Labute approximate surface area is 114 Å². The molecule has 0 spiro atoms. The summed E-state index contributed by atoms with van der Waals surface area (Å²) in [7, 11) is 4.95. The summed E-state index contributed by atoms with van der Waals surface area (Å²) in [5.41, 5.74) is 0.940. The average Bonchev–Trinajstić information content (AvgIpc) is 2.67. The molecule has 0 unspecified atom stereocenters. The van der Waals surface area contributed by atoms with Crippen LogP contribution in [0, 0.1) is 0 Å². The maximum Gasteiger partial charge on any atom is 0.290 e. The zero-order valence-electron chi connectivity index (χ0n) is 10.8. The second-order valence-corrected chi connectivity index (χ2v) is 4.40. The first kappa shape index (κ1) is 13.6. The highest BCUT2D eigenvalue weighted by molar-refractivity contribution is 6.29. The van der Waals surface area contributed by atoms with Gasteiger partial charge in [-0.3, -0.25) is 9.48 Å². The molecule has 0 aliphatic heterocycles. The molecule has 2 rings (SSSR count). The van der Waals surface area contributed by atoms with Crippen LogP contribution in [0.2, 0.25) is 5.15 Å². The van der Waals surface area contributed by atoms with E-state index in [0.717, 1.165) is 5.69 Å². The first-order valence-corrected chi connectivity index (χ1v) is 5.92. The van der Waals surface area contributed by atoms with Gasteiger partial charge >= 0.3 is 0 Å². The first-order valence-electron chi connectivity index (χ1n) is 5.54. The van der Waals surface area contributed by atoms with Crippen LogP contribution in [0.25, 0.3) is 0 Å². The number of aromatic nitrogens is 4. The summed E-state index contributed by atoms with van der Waals surface area (Å²) in [5.74, 6) is 0.550. The molecule has 0 fully saturated rings. The van der Waals surface area contributed by atoms with Crippen molar-refractivity contribution in [2.45, 2.75) is 6.61 Å². The summed E-state index contributed by atoms with van der Waals surface area (Å²) >= 11 is 5.82. The molecule has 0 aliphatic carbocycles. The lowest BCUT2D eigenvalue weighted by Gasteiger charge is -2.04. The third-order valence-corrected chi connectivity index (χ3v) is 2.75. The summed E-state index contributed by atoms with van der Waals surface area (Å²) < 4.78 is 7.90. The summed E-state index contributed by atoms with van der Waals surface area (Å²) in [6.07, 6.45) is 0. The van der Waals surface area contributed by atoms with Gasteiger partial charge in [0.15, 0.2) is 11.0 Å². The molecule has 2 aromatic rings. The highest BCUT2D eigenvalue weighted by atomic mass is 35.5. The van der Waals surface area contributed by atoms with Crippen LogP contribution in [-0.2, 0) is 25.4 Å². The third-order valence-electron chi connectivity index (χ3n) is 2.56. The van der Waals surface area contributed by atoms with Gasteiger partial charge < -0.3 is 10.1 Å². The quantitative estimate of drug-likeness (QED) is 0.908. The van der Waals surface area contributed by atoms with Crippen molar-refractivity contribution in [2.75, 3.05) is 12.4 Å². The van der Waals surface area contributed by atoms with Crippen LogP contribution in [-0.4, -0.2) is 26.7 Å². The van der Waals surface area contributed by atoms with Crippen molar-refractivity contribution in [3.63, 3.8) is 0 Å². The van der Waals surface area contributed by atoms with Crippen LogP contribution in [0.4, 0.5) is 11.5 Å². The van der Waals surface area contributed by atoms with E-state index in [1.165, 1.54) is 17.8 Å².